The van der Waals surface area contributed by atoms with Gasteiger partial charge in [-0.25, -0.2) is 16.8 Å². The van der Waals surface area contributed by atoms with Crippen molar-refractivity contribution in [3.8, 4) is 11.8 Å². The highest BCUT2D eigenvalue weighted by atomic mass is 32.2. The summed E-state index contributed by atoms with van der Waals surface area (Å²) in [5.74, 6) is 6.02. The molecule has 3 aromatic carbocycles. The molecule has 0 saturated heterocycles. The molecule has 0 fully saturated rings. The molecule has 0 spiro atoms. The largest absolute Gasteiger partial charge is 0.280 e. The summed E-state index contributed by atoms with van der Waals surface area (Å²) in [5, 5.41) is 0. The highest BCUT2D eigenvalue weighted by Crippen LogP contribution is 2.19. The minimum Gasteiger partial charge on any atom is -0.280 e. The number of sulfonamides is 1. The molecule has 7 heteroatoms. The molecule has 0 atom stereocenters. The zero-order valence-electron chi connectivity index (χ0n) is 15.0. The van der Waals surface area contributed by atoms with Crippen LogP contribution in [0, 0.1) is 11.8 Å². The lowest BCUT2D eigenvalue weighted by atomic mass is 10.2. The first kappa shape index (κ1) is 19.7. The van der Waals surface area contributed by atoms with Crippen molar-refractivity contribution in [2.75, 3.05) is 11.0 Å². The summed E-state index contributed by atoms with van der Waals surface area (Å²) in [6.07, 6.45) is 1.07. The van der Waals surface area contributed by atoms with Gasteiger partial charge in [0.1, 0.15) is 0 Å². The van der Waals surface area contributed by atoms with E-state index < -0.39 is 19.9 Å². The van der Waals surface area contributed by atoms with Gasteiger partial charge in [0.2, 0.25) is 0 Å². The summed E-state index contributed by atoms with van der Waals surface area (Å²) in [5.41, 5.74) is 1.89. The van der Waals surface area contributed by atoms with Gasteiger partial charge in [-0.3, -0.25) is 4.72 Å². The SMILES string of the molecule is CS(=O)(=O)c1ccc(S(=O)(=O)Nc2cccc(C#Cc3ccccc3)c2)cc1. The number of anilines is 1. The molecule has 0 saturated carbocycles. The average molecular weight is 412 g/mol. The van der Waals surface area contributed by atoms with Crippen molar-refractivity contribution >= 4 is 25.5 Å². The molecule has 0 aliphatic carbocycles. The molecule has 3 rings (SSSR count). The Bertz CT molecular complexity index is 1250. The predicted octanol–water partition coefficient (Wildman–Crippen LogP) is 3.29. The first-order valence-corrected chi connectivity index (χ1v) is 11.6. The second kappa shape index (κ2) is 7.89. The summed E-state index contributed by atoms with van der Waals surface area (Å²) in [6.45, 7) is 0. The molecule has 0 unspecified atom stereocenters. The monoisotopic (exact) mass is 411 g/mol. The molecule has 5 nitrogen and oxygen atoms in total. The first-order chi connectivity index (χ1) is 13.2. The van der Waals surface area contributed by atoms with E-state index in [0.717, 1.165) is 11.8 Å². The Kier molecular flexibility index (Phi) is 5.54. The van der Waals surface area contributed by atoms with E-state index in [1.54, 1.807) is 24.3 Å². The maximum atomic E-state index is 12.6. The van der Waals surface area contributed by atoms with Gasteiger partial charge in [-0.1, -0.05) is 36.1 Å². The molecule has 1 N–H and O–H groups in total. The highest BCUT2D eigenvalue weighted by Gasteiger charge is 2.16. The third kappa shape index (κ3) is 5.00. The number of rotatable bonds is 4. The zero-order valence-corrected chi connectivity index (χ0v) is 16.6. The molecule has 3 aromatic rings. The Morgan fingerprint density at radius 1 is 0.679 bits per heavy atom. The summed E-state index contributed by atoms with van der Waals surface area (Å²) in [4.78, 5) is 0.0327. The van der Waals surface area contributed by atoms with Gasteiger partial charge in [-0.2, -0.15) is 0 Å². The summed E-state index contributed by atoms with van der Waals surface area (Å²) in [6, 6.07) is 21.3. The van der Waals surface area contributed by atoms with Crippen LogP contribution in [-0.2, 0) is 19.9 Å². The van der Waals surface area contributed by atoms with Crippen LogP contribution in [0.5, 0.6) is 0 Å². The average Bonchev–Trinajstić information content (AvgIpc) is 2.67. The minimum atomic E-state index is -3.85. The Hall–Kier alpha value is -3.08. The molecule has 142 valence electrons. The van der Waals surface area contributed by atoms with Crippen molar-refractivity contribution in [3.05, 3.63) is 90.0 Å². The van der Waals surface area contributed by atoms with Crippen LogP contribution in [0.25, 0.3) is 0 Å². The molecule has 0 radical (unpaired) electrons. The molecular weight excluding hydrogens is 394 g/mol. The van der Waals surface area contributed by atoms with E-state index in [2.05, 4.69) is 16.6 Å². The molecule has 28 heavy (non-hydrogen) atoms. The molecule has 0 aromatic heterocycles. The molecule has 0 bridgehead atoms. The Labute approximate surface area is 165 Å². The number of nitrogens with one attached hydrogen (secondary N) is 1. The lowest BCUT2D eigenvalue weighted by Gasteiger charge is -2.09. The van der Waals surface area contributed by atoms with E-state index in [9.17, 15) is 16.8 Å². The van der Waals surface area contributed by atoms with Crippen molar-refractivity contribution in [1.29, 1.82) is 0 Å². The molecular formula is C21H17NO4S2. The highest BCUT2D eigenvalue weighted by molar-refractivity contribution is 7.92. The van der Waals surface area contributed by atoms with Crippen LogP contribution in [0.2, 0.25) is 0 Å². The fourth-order valence-electron chi connectivity index (χ4n) is 2.41. The lowest BCUT2D eigenvalue weighted by molar-refractivity contribution is 0.597. The van der Waals surface area contributed by atoms with Gasteiger partial charge in [-0.05, 0) is 54.6 Å². The van der Waals surface area contributed by atoms with E-state index >= 15 is 0 Å². The molecule has 0 aliphatic rings. The Morgan fingerprint density at radius 3 is 1.89 bits per heavy atom. The summed E-state index contributed by atoms with van der Waals surface area (Å²) >= 11 is 0. The van der Waals surface area contributed by atoms with Crippen LogP contribution in [-0.4, -0.2) is 23.1 Å². The maximum absolute atomic E-state index is 12.6. The third-order valence-corrected chi connectivity index (χ3v) is 6.33. The van der Waals surface area contributed by atoms with Crippen molar-refractivity contribution in [2.24, 2.45) is 0 Å². The van der Waals surface area contributed by atoms with Crippen LogP contribution in [0.3, 0.4) is 0 Å². The van der Waals surface area contributed by atoms with Gasteiger partial charge in [0.25, 0.3) is 10.0 Å². The lowest BCUT2D eigenvalue weighted by Crippen LogP contribution is -2.13. The van der Waals surface area contributed by atoms with Crippen molar-refractivity contribution in [2.45, 2.75) is 9.79 Å². The number of hydrogen-bond donors (Lipinski definition) is 1. The Balaban J connectivity index is 1.82. The van der Waals surface area contributed by atoms with Gasteiger partial charge in [-0.15, -0.1) is 0 Å². The third-order valence-electron chi connectivity index (χ3n) is 3.80. The second-order valence-electron chi connectivity index (χ2n) is 6.05. The molecule has 0 heterocycles. The quantitative estimate of drug-likeness (QED) is 0.668. The van der Waals surface area contributed by atoms with Crippen molar-refractivity contribution < 1.29 is 16.8 Å². The number of hydrogen-bond acceptors (Lipinski definition) is 4. The summed E-state index contributed by atoms with van der Waals surface area (Å²) in [7, 11) is -7.24. The van der Waals surface area contributed by atoms with Crippen molar-refractivity contribution in [3.63, 3.8) is 0 Å². The number of sulfone groups is 1. The smallest absolute Gasteiger partial charge is 0.261 e. The van der Waals surface area contributed by atoms with E-state index in [-0.39, 0.29) is 9.79 Å². The second-order valence-corrected chi connectivity index (χ2v) is 9.74. The van der Waals surface area contributed by atoms with Gasteiger partial charge in [0, 0.05) is 17.4 Å². The first-order valence-electron chi connectivity index (χ1n) is 8.24. The fourth-order valence-corrected chi connectivity index (χ4v) is 4.09. The molecule has 0 aliphatic heterocycles. The van der Waals surface area contributed by atoms with Crippen molar-refractivity contribution in [1.82, 2.24) is 0 Å². The van der Waals surface area contributed by atoms with Crippen LogP contribution >= 0.6 is 0 Å². The van der Waals surface area contributed by atoms with Gasteiger partial charge in [0.15, 0.2) is 9.84 Å². The maximum Gasteiger partial charge on any atom is 0.261 e. The Morgan fingerprint density at radius 2 is 1.25 bits per heavy atom. The van der Waals surface area contributed by atoms with Crippen LogP contribution in [0.1, 0.15) is 11.1 Å². The normalized spacial score (nSPS) is 11.3. The van der Waals surface area contributed by atoms with E-state index in [4.69, 9.17) is 0 Å². The van der Waals surface area contributed by atoms with Crippen LogP contribution < -0.4 is 4.72 Å². The van der Waals surface area contributed by atoms with Gasteiger partial charge < -0.3 is 0 Å². The fraction of sp³-hybridized carbons (Fsp3) is 0.0476. The molecule has 0 amide bonds. The standard InChI is InChI=1S/C21H17NO4S2/c1-27(23,24)20-12-14-21(15-13-20)28(25,26)22-19-9-5-8-18(16-19)11-10-17-6-3-2-4-7-17/h2-9,12-16,22H,1H3. The summed E-state index contributed by atoms with van der Waals surface area (Å²) < 4.78 is 50.6. The topological polar surface area (TPSA) is 80.3 Å². The van der Waals surface area contributed by atoms with Crippen LogP contribution in [0.4, 0.5) is 5.69 Å². The van der Waals surface area contributed by atoms with E-state index in [1.165, 1.54) is 24.3 Å². The minimum absolute atomic E-state index is 0.0272. The predicted molar refractivity (Wildman–Crippen MR) is 109 cm³/mol. The van der Waals surface area contributed by atoms with E-state index in [0.29, 0.717) is 11.3 Å². The van der Waals surface area contributed by atoms with Gasteiger partial charge in [0.05, 0.1) is 15.5 Å². The van der Waals surface area contributed by atoms with Gasteiger partial charge >= 0.3 is 0 Å². The van der Waals surface area contributed by atoms with Crippen LogP contribution in [0.15, 0.2) is 88.7 Å². The number of benzene rings is 3. The van der Waals surface area contributed by atoms with E-state index in [1.807, 2.05) is 30.3 Å². The zero-order chi connectivity index (χ0) is 20.2.